The maximum Gasteiger partial charge on any atom is 0.257 e. The standard InChI is InChI=1S/C21H20N2O2/c1-14-5-4-6-19(13-14)25-18-10-8-17(9-11-18)23-21(24)20-12-7-15(2)22-16(20)3/h4-13H,1-3H3,(H,23,24). The number of anilines is 1. The second-order valence-electron chi connectivity index (χ2n) is 5.98. The minimum atomic E-state index is -0.169. The average Bonchev–Trinajstić information content (AvgIpc) is 2.56. The second-order valence-corrected chi connectivity index (χ2v) is 5.98. The van der Waals surface area contributed by atoms with Crippen LogP contribution in [0.3, 0.4) is 0 Å². The third-order valence-corrected chi connectivity index (χ3v) is 3.81. The summed E-state index contributed by atoms with van der Waals surface area (Å²) in [4.78, 5) is 16.7. The Morgan fingerprint density at radius 2 is 1.68 bits per heavy atom. The van der Waals surface area contributed by atoms with Gasteiger partial charge in [0.15, 0.2) is 0 Å². The summed E-state index contributed by atoms with van der Waals surface area (Å²) in [6, 6.07) is 18.8. The Bertz CT molecular complexity index is 902. The summed E-state index contributed by atoms with van der Waals surface area (Å²) in [7, 11) is 0. The maximum absolute atomic E-state index is 12.4. The average molecular weight is 332 g/mol. The SMILES string of the molecule is Cc1cccc(Oc2ccc(NC(=O)c3ccc(C)nc3C)cc2)c1. The first kappa shape index (κ1) is 16.7. The fraction of sp³-hybridized carbons (Fsp3) is 0.143. The van der Waals surface area contributed by atoms with Crippen LogP contribution in [-0.4, -0.2) is 10.9 Å². The number of ether oxygens (including phenoxy) is 1. The molecule has 0 radical (unpaired) electrons. The number of aromatic nitrogens is 1. The van der Waals surface area contributed by atoms with Crippen LogP contribution in [0.25, 0.3) is 0 Å². The lowest BCUT2D eigenvalue weighted by Gasteiger charge is -2.10. The Balaban J connectivity index is 1.69. The van der Waals surface area contributed by atoms with Gasteiger partial charge in [0.25, 0.3) is 5.91 Å². The molecular formula is C21H20N2O2. The van der Waals surface area contributed by atoms with E-state index in [0.29, 0.717) is 11.3 Å². The predicted molar refractivity (Wildman–Crippen MR) is 99.4 cm³/mol. The van der Waals surface area contributed by atoms with Crippen molar-refractivity contribution in [1.82, 2.24) is 4.98 Å². The van der Waals surface area contributed by atoms with Gasteiger partial charge in [-0.25, -0.2) is 0 Å². The Kier molecular flexibility index (Phi) is 4.80. The molecule has 1 heterocycles. The third-order valence-electron chi connectivity index (χ3n) is 3.81. The first-order chi connectivity index (χ1) is 12.0. The highest BCUT2D eigenvalue weighted by molar-refractivity contribution is 6.05. The van der Waals surface area contributed by atoms with Crippen molar-refractivity contribution in [3.8, 4) is 11.5 Å². The van der Waals surface area contributed by atoms with Crippen LogP contribution in [-0.2, 0) is 0 Å². The first-order valence-electron chi connectivity index (χ1n) is 8.11. The van der Waals surface area contributed by atoms with Gasteiger partial charge in [0, 0.05) is 11.4 Å². The third kappa shape index (κ3) is 4.23. The van der Waals surface area contributed by atoms with E-state index in [9.17, 15) is 4.79 Å². The van der Waals surface area contributed by atoms with Gasteiger partial charge < -0.3 is 10.1 Å². The molecule has 4 nitrogen and oxygen atoms in total. The molecule has 1 N–H and O–H groups in total. The van der Waals surface area contributed by atoms with Crippen molar-refractivity contribution in [3.05, 3.63) is 83.2 Å². The lowest BCUT2D eigenvalue weighted by atomic mass is 10.1. The summed E-state index contributed by atoms with van der Waals surface area (Å²) >= 11 is 0. The van der Waals surface area contributed by atoms with Gasteiger partial charge in [-0.3, -0.25) is 9.78 Å². The van der Waals surface area contributed by atoms with Gasteiger partial charge in [-0.1, -0.05) is 12.1 Å². The molecular weight excluding hydrogens is 312 g/mol. The van der Waals surface area contributed by atoms with Crippen molar-refractivity contribution in [1.29, 1.82) is 0 Å². The molecule has 4 heteroatoms. The molecule has 0 aliphatic carbocycles. The lowest BCUT2D eigenvalue weighted by Crippen LogP contribution is -2.14. The molecule has 2 aromatic carbocycles. The van der Waals surface area contributed by atoms with Crippen LogP contribution in [0.4, 0.5) is 5.69 Å². The molecule has 0 saturated heterocycles. The number of carbonyl (C=O) groups excluding carboxylic acids is 1. The number of hydrogen-bond donors (Lipinski definition) is 1. The fourth-order valence-corrected chi connectivity index (χ4v) is 2.55. The van der Waals surface area contributed by atoms with E-state index in [1.165, 1.54) is 0 Å². The molecule has 0 unspecified atom stereocenters. The van der Waals surface area contributed by atoms with Crippen LogP contribution >= 0.6 is 0 Å². The van der Waals surface area contributed by atoms with E-state index in [1.54, 1.807) is 6.07 Å². The largest absolute Gasteiger partial charge is 0.457 e. The number of amides is 1. The van der Waals surface area contributed by atoms with Gasteiger partial charge in [-0.2, -0.15) is 0 Å². The molecule has 0 atom stereocenters. The molecule has 126 valence electrons. The zero-order chi connectivity index (χ0) is 17.8. The van der Waals surface area contributed by atoms with Gasteiger partial charge >= 0.3 is 0 Å². The number of nitrogens with zero attached hydrogens (tertiary/aromatic N) is 1. The molecule has 3 aromatic rings. The van der Waals surface area contributed by atoms with Gasteiger partial charge in [-0.05, 0) is 74.9 Å². The molecule has 0 aliphatic heterocycles. The van der Waals surface area contributed by atoms with Gasteiger partial charge in [0.05, 0.1) is 11.3 Å². The molecule has 0 aliphatic rings. The van der Waals surface area contributed by atoms with Crippen molar-refractivity contribution in [2.45, 2.75) is 20.8 Å². The molecule has 3 rings (SSSR count). The summed E-state index contributed by atoms with van der Waals surface area (Å²) < 4.78 is 5.81. The molecule has 0 spiro atoms. The normalized spacial score (nSPS) is 10.4. The van der Waals surface area contributed by atoms with E-state index in [-0.39, 0.29) is 5.91 Å². The zero-order valence-corrected chi connectivity index (χ0v) is 14.5. The van der Waals surface area contributed by atoms with E-state index in [0.717, 1.165) is 28.5 Å². The fourth-order valence-electron chi connectivity index (χ4n) is 2.55. The molecule has 0 bridgehead atoms. The maximum atomic E-state index is 12.4. The summed E-state index contributed by atoms with van der Waals surface area (Å²) in [5, 5.41) is 2.88. The number of hydrogen-bond acceptors (Lipinski definition) is 3. The molecule has 25 heavy (non-hydrogen) atoms. The van der Waals surface area contributed by atoms with Crippen molar-refractivity contribution < 1.29 is 9.53 Å². The number of rotatable bonds is 4. The van der Waals surface area contributed by atoms with Crippen molar-refractivity contribution in [2.75, 3.05) is 5.32 Å². The van der Waals surface area contributed by atoms with E-state index >= 15 is 0 Å². The van der Waals surface area contributed by atoms with E-state index < -0.39 is 0 Å². The highest BCUT2D eigenvalue weighted by Gasteiger charge is 2.10. The summed E-state index contributed by atoms with van der Waals surface area (Å²) in [5.74, 6) is 1.34. The van der Waals surface area contributed by atoms with Crippen molar-refractivity contribution >= 4 is 11.6 Å². The van der Waals surface area contributed by atoms with E-state index in [4.69, 9.17) is 4.74 Å². The predicted octanol–water partition coefficient (Wildman–Crippen LogP) is 5.05. The van der Waals surface area contributed by atoms with E-state index in [1.807, 2.05) is 75.4 Å². The van der Waals surface area contributed by atoms with Crippen LogP contribution in [0.2, 0.25) is 0 Å². The Labute approximate surface area is 147 Å². The van der Waals surface area contributed by atoms with E-state index in [2.05, 4.69) is 10.3 Å². The van der Waals surface area contributed by atoms with Crippen molar-refractivity contribution in [3.63, 3.8) is 0 Å². The quantitative estimate of drug-likeness (QED) is 0.727. The molecule has 0 saturated carbocycles. The first-order valence-corrected chi connectivity index (χ1v) is 8.11. The van der Waals surface area contributed by atoms with Crippen LogP contribution in [0, 0.1) is 20.8 Å². The monoisotopic (exact) mass is 332 g/mol. The number of benzene rings is 2. The molecule has 0 fully saturated rings. The highest BCUT2D eigenvalue weighted by Crippen LogP contribution is 2.24. The molecule has 1 amide bonds. The smallest absolute Gasteiger partial charge is 0.257 e. The number of nitrogens with one attached hydrogen (secondary N) is 1. The van der Waals surface area contributed by atoms with Crippen LogP contribution in [0.5, 0.6) is 11.5 Å². The van der Waals surface area contributed by atoms with Crippen LogP contribution in [0.15, 0.2) is 60.7 Å². The van der Waals surface area contributed by atoms with Crippen molar-refractivity contribution in [2.24, 2.45) is 0 Å². The number of pyridine rings is 1. The minimum absolute atomic E-state index is 0.169. The number of carbonyl (C=O) groups is 1. The van der Waals surface area contributed by atoms with Crippen LogP contribution in [0.1, 0.15) is 27.3 Å². The Hall–Kier alpha value is -3.14. The number of aryl methyl sites for hydroxylation is 3. The summed E-state index contributed by atoms with van der Waals surface area (Å²) in [6.07, 6.45) is 0. The van der Waals surface area contributed by atoms with Gasteiger partial charge in [-0.15, -0.1) is 0 Å². The topological polar surface area (TPSA) is 51.2 Å². The van der Waals surface area contributed by atoms with Crippen LogP contribution < -0.4 is 10.1 Å². The second kappa shape index (κ2) is 7.18. The lowest BCUT2D eigenvalue weighted by molar-refractivity contribution is 0.102. The highest BCUT2D eigenvalue weighted by atomic mass is 16.5. The van der Waals surface area contributed by atoms with Gasteiger partial charge in [0.1, 0.15) is 11.5 Å². The summed E-state index contributed by atoms with van der Waals surface area (Å²) in [5.41, 5.74) is 4.04. The Morgan fingerprint density at radius 3 is 2.36 bits per heavy atom. The molecule has 1 aromatic heterocycles. The van der Waals surface area contributed by atoms with Gasteiger partial charge in [0.2, 0.25) is 0 Å². The zero-order valence-electron chi connectivity index (χ0n) is 14.5. The Morgan fingerprint density at radius 1 is 0.920 bits per heavy atom. The summed E-state index contributed by atoms with van der Waals surface area (Å²) in [6.45, 7) is 5.76. The minimum Gasteiger partial charge on any atom is -0.457 e.